The van der Waals surface area contributed by atoms with Gasteiger partial charge in [-0.1, -0.05) is 0 Å². The molecule has 0 fully saturated rings. The molecule has 1 aromatic heterocycles. The maximum absolute atomic E-state index is 11.8. The quantitative estimate of drug-likeness (QED) is 0.842. The van der Waals surface area contributed by atoms with Crippen LogP contribution in [0.2, 0.25) is 0 Å². The van der Waals surface area contributed by atoms with E-state index in [2.05, 4.69) is 20.4 Å². The van der Waals surface area contributed by atoms with Gasteiger partial charge in [0.2, 0.25) is 0 Å². The van der Waals surface area contributed by atoms with Crippen molar-refractivity contribution >= 4 is 22.4 Å². The minimum absolute atomic E-state index is 0.0309. The van der Waals surface area contributed by atoms with Gasteiger partial charge in [-0.05, 0) is 14.0 Å². The molecule has 0 aliphatic carbocycles. The van der Waals surface area contributed by atoms with Gasteiger partial charge in [0.1, 0.15) is 13.2 Å². The minimum Gasteiger partial charge on any atom is -0.362 e. The number of alkyl halides is 3. The third-order valence-corrected chi connectivity index (χ3v) is 2.92. The number of nitrogens with zero attached hydrogens (tertiary/aromatic N) is 1. The van der Waals surface area contributed by atoms with Crippen LogP contribution in [0.15, 0.2) is 5.38 Å². The van der Waals surface area contributed by atoms with Crippen molar-refractivity contribution in [3.63, 3.8) is 0 Å². The van der Waals surface area contributed by atoms with E-state index in [0.717, 1.165) is 5.69 Å². The number of carbonyl (C=O) groups is 1. The fourth-order valence-electron chi connectivity index (χ4n) is 1.11. The number of hydrogen-bond acceptors (Lipinski definition) is 5. The predicted molar refractivity (Wildman–Crippen MR) is 65.1 cm³/mol. The molecule has 1 unspecified atom stereocenters. The highest BCUT2D eigenvalue weighted by atomic mass is 32.1. The summed E-state index contributed by atoms with van der Waals surface area (Å²) in [6.07, 6.45) is -4.43. The highest BCUT2D eigenvalue weighted by Crippen LogP contribution is 2.20. The number of halogens is 3. The largest absolute Gasteiger partial charge is 0.411 e. The smallest absolute Gasteiger partial charge is 0.362 e. The van der Waals surface area contributed by atoms with Gasteiger partial charge in [0, 0.05) is 11.4 Å². The van der Waals surface area contributed by atoms with Crippen LogP contribution in [-0.4, -0.2) is 37.3 Å². The van der Waals surface area contributed by atoms with E-state index >= 15 is 0 Å². The fraction of sp³-hybridized carbons (Fsp3) is 0.600. The lowest BCUT2D eigenvalue weighted by molar-refractivity contribution is -0.174. The molecule has 0 saturated carbocycles. The van der Waals surface area contributed by atoms with Gasteiger partial charge in [0.05, 0.1) is 5.69 Å². The summed E-state index contributed by atoms with van der Waals surface area (Å²) in [5.74, 6) is -0.665. The van der Waals surface area contributed by atoms with Crippen molar-refractivity contribution < 1.29 is 22.7 Å². The minimum atomic E-state index is -4.43. The Labute approximate surface area is 112 Å². The molecule has 0 radical (unpaired) electrons. The molecule has 0 spiro atoms. The molecule has 0 saturated heterocycles. The number of carbonyl (C=O) groups excluding carboxylic acids is 1. The van der Waals surface area contributed by atoms with E-state index in [9.17, 15) is 18.0 Å². The van der Waals surface area contributed by atoms with Crippen LogP contribution in [0, 0.1) is 0 Å². The van der Waals surface area contributed by atoms with Gasteiger partial charge in [0.25, 0.3) is 5.91 Å². The van der Waals surface area contributed by atoms with E-state index in [4.69, 9.17) is 0 Å². The zero-order chi connectivity index (χ0) is 14.5. The van der Waals surface area contributed by atoms with Crippen LogP contribution in [0.4, 0.5) is 18.3 Å². The highest BCUT2D eigenvalue weighted by molar-refractivity contribution is 7.13. The van der Waals surface area contributed by atoms with Crippen molar-refractivity contribution in [3.8, 4) is 0 Å². The van der Waals surface area contributed by atoms with Gasteiger partial charge in [-0.25, -0.2) is 4.98 Å². The molecule has 0 aliphatic rings. The van der Waals surface area contributed by atoms with E-state index in [-0.39, 0.29) is 6.04 Å². The third kappa shape index (κ3) is 5.99. The van der Waals surface area contributed by atoms with Crippen molar-refractivity contribution in [2.75, 3.05) is 25.6 Å². The van der Waals surface area contributed by atoms with Crippen molar-refractivity contribution in [1.29, 1.82) is 0 Å². The van der Waals surface area contributed by atoms with Crippen molar-refractivity contribution in [1.82, 2.24) is 10.3 Å². The fourth-order valence-corrected chi connectivity index (χ4v) is 1.93. The lowest BCUT2D eigenvalue weighted by atomic mass is 10.3. The molecule has 1 rings (SSSR count). The Morgan fingerprint density at radius 3 is 2.84 bits per heavy atom. The number of hydrogen-bond donors (Lipinski definition) is 2. The van der Waals surface area contributed by atoms with E-state index < -0.39 is 25.3 Å². The SMILES string of the molecule is CNC(C)c1csc(NC(=O)COCC(F)(F)F)n1. The van der Waals surface area contributed by atoms with Gasteiger partial charge >= 0.3 is 6.18 Å². The van der Waals surface area contributed by atoms with Crippen molar-refractivity contribution in [3.05, 3.63) is 11.1 Å². The summed E-state index contributed by atoms with van der Waals surface area (Å²) in [4.78, 5) is 15.4. The molecule has 0 aromatic carbocycles. The maximum atomic E-state index is 11.8. The number of thiazole rings is 1. The molecule has 0 aliphatic heterocycles. The molecule has 0 bridgehead atoms. The predicted octanol–water partition coefficient (Wildman–Crippen LogP) is 1.94. The number of amides is 1. The van der Waals surface area contributed by atoms with E-state index in [1.165, 1.54) is 11.3 Å². The highest BCUT2D eigenvalue weighted by Gasteiger charge is 2.27. The first kappa shape index (κ1) is 15.9. The summed E-state index contributed by atoms with van der Waals surface area (Å²) in [5, 5.41) is 7.44. The van der Waals surface area contributed by atoms with Gasteiger partial charge < -0.3 is 10.1 Å². The Balaban J connectivity index is 2.38. The Bertz CT molecular complexity index is 422. The number of aromatic nitrogens is 1. The molecule has 1 amide bonds. The monoisotopic (exact) mass is 297 g/mol. The summed E-state index contributed by atoms with van der Waals surface area (Å²) in [6, 6.07) is 0.0309. The molecular weight excluding hydrogens is 283 g/mol. The second-order valence-corrected chi connectivity index (χ2v) is 4.60. The molecule has 9 heteroatoms. The number of rotatable bonds is 6. The van der Waals surface area contributed by atoms with E-state index in [1.54, 1.807) is 12.4 Å². The van der Waals surface area contributed by atoms with Crippen LogP contribution < -0.4 is 10.6 Å². The van der Waals surface area contributed by atoms with Crippen LogP contribution in [0.25, 0.3) is 0 Å². The lowest BCUT2D eigenvalue weighted by Gasteiger charge is -2.07. The molecule has 1 atom stereocenters. The normalized spacial score (nSPS) is 13.3. The average Bonchev–Trinajstić information content (AvgIpc) is 2.74. The van der Waals surface area contributed by atoms with Gasteiger partial charge in [-0.3, -0.25) is 10.1 Å². The lowest BCUT2D eigenvalue weighted by Crippen LogP contribution is -2.24. The molecule has 5 nitrogen and oxygen atoms in total. The topological polar surface area (TPSA) is 63.2 Å². The summed E-state index contributed by atoms with van der Waals surface area (Å²) in [7, 11) is 1.77. The maximum Gasteiger partial charge on any atom is 0.411 e. The number of nitrogens with one attached hydrogen (secondary N) is 2. The molecule has 1 aromatic rings. The second kappa shape index (κ2) is 6.83. The van der Waals surface area contributed by atoms with Crippen LogP contribution in [0.1, 0.15) is 18.7 Å². The Morgan fingerprint density at radius 2 is 2.26 bits per heavy atom. The molecule has 1 heterocycles. The second-order valence-electron chi connectivity index (χ2n) is 3.74. The standard InChI is InChI=1S/C10H14F3N3O2S/c1-6(14-2)7-4-19-9(15-7)16-8(17)3-18-5-10(11,12)13/h4,6,14H,3,5H2,1-2H3,(H,15,16,17). The summed E-state index contributed by atoms with van der Waals surface area (Å²) < 4.78 is 39.6. The Kier molecular flexibility index (Phi) is 5.70. The Hall–Kier alpha value is -1.19. The molecule has 19 heavy (non-hydrogen) atoms. The van der Waals surface area contributed by atoms with Crippen LogP contribution >= 0.6 is 11.3 Å². The third-order valence-electron chi connectivity index (χ3n) is 2.14. The molecular formula is C10H14F3N3O2S. The van der Waals surface area contributed by atoms with Crippen molar-refractivity contribution in [2.45, 2.75) is 19.1 Å². The summed E-state index contributed by atoms with van der Waals surface area (Å²) in [6.45, 7) is -0.205. The zero-order valence-electron chi connectivity index (χ0n) is 10.4. The van der Waals surface area contributed by atoms with E-state index in [1.807, 2.05) is 6.92 Å². The van der Waals surface area contributed by atoms with Gasteiger partial charge in [-0.2, -0.15) is 13.2 Å². The average molecular weight is 297 g/mol. The van der Waals surface area contributed by atoms with Crippen LogP contribution in [-0.2, 0) is 9.53 Å². The van der Waals surface area contributed by atoms with Crippen molar-refractivity contribution in [2.24, 2.45) is 0 Å². The first-order valence-corrected chi connectivity index (χ1v) is 6.27. The zero-order valence-corrected chi connectivity index (χ0v) is 11.2. The van der Waals surface area contributed by atoms with E-state index in [0.29, 0.717) is 5.13 Å². The molecule has 2 N–H and O–H groups in total. The summed E-state index contributed by atoms with van der Waals surface area (Å²) in [5.41, 5.74) is 0.749. The van der Waals surface area contributed by atoms with Gasteiger partial charge in [-0.15, -0.1) is 11.3 Å². The molecule has 108 valence electrons. The van der Waals surface area contributed by atoms with Crippen LogP contribution in [0.3, 0.4) is 0 Å². The Morgan fingerprint density at radius 1 is 1.58 bits per heavy atom. The summed E-state index contributed by atoms with van der Waals surface area (Å²) >= 11 is 1.20. The number of ether oxygens (including phenoxy) is 1. The van der Waals surface area contributed by atoms with Crippen LogP contribution in [0.5, 0.6) is 0 Å². The van der Waals surface area contributed by atoms with Gasteiger partial charge in [0.15, 0.2) is 5.13 Å². The first-order valence-electron chi connectivity index (χ1n) is 5.39. The first-order chi connectivity index (χ1) is 8.81. The number of anilines is 1.